The smallest absolute Gasteiger partial charge is 0.232 e. The molecule has 1 aliphatic heterocycles. The van der Waals surface area contributed by atoms with E-state index in [2.05, 4.69) is 50.6 Å². The van der Waals surface area contributed by atoms with Crippen LogP contribution in [0, 0.1) is 0 Å². The number of rotatable bonds is 8. The fraction of sp³-hybridized carbons (Fsp3) is 0.348. The fourth-order valence-corrected chi connectivity index (χ4v) is 3.92. The Balaban J connectivity index is 1.32. The van der Waals surface area contributed by atoms with Gasteiger partial charge in [-0.3, -0.25) is 0 Å². The van der Waals surface area contributed by atoms with E-state index in [0.29, 0.717) is 12.6 Å². The van der Waals surface area contributed by atoms with Crippen LogP contribution in [0.5, 0.6) is 5.75 Å². The number of nitrogens with two attached hydrogens (primary N) is 1. The van der Waals surface area contributed by atoms with Crippen LogP contribution in [0.3, 0.4) is 0 Å². The highest BCUT2D eigenvalue weighted by Gasteiger charge is 2.24. The predicted molar refractivity (Wildman–Crippen MR) is 120 cm³/mol. The number of hydrogen-bond acceptors (Lipinski definition) is 6. The maximum absolute atomic E-state index is 5.95. The summed E-state index contributed by atoms with van der Waals surface area (Å²) >= 11 is 0. The van der Waals surface area contributed by atoms with Crippen molar-refractivity contribution in [2.24, 2.45) is 0 Å². The van der Waals surface area contributed by atoms with E-state index in [1.54, 1.807) is 4.90 Å². The molecule has 4 rings (SSSR count). The molecule has 8 nitrogen and oxygen atoms in total. The SMILES string of the molecule is CCOc1ccc(Nc2nc(N)nc(C[NH+]3CC[NH+](Cc4ccccc4)CC3)n2)cc1. The van der Waals surface area contributed by atoms with Crippen LogP contribution in [-0.2, 0) is 13.1 Å². The molecule has 2 aromatic carbocycles. The van der Waals surface area contributed by atoms with Crippen LogP contribution in [0.1, 0.15) is 18.3 Å². The summed E-state index contributed by atoms with van der Waals surface area (Å²) in [7, 11) is 0. The van der Waals surface area contributed by atoms with Gasteiger partial charge in [0.15, 0.2) is 5.82 Å². The van der Waals surface area contributed by atoms with Crippen LogP contribution in [0.15, 0.2) is 54.6 Å². The average molecular weight is 422 g/mol. The van der Waals surface area contributed by atoms with Crippen LogP contribution in [-0.4, -0.2) is 47.7 Å². The lowest BCUT2D eigenvalue weighted by Crippen LogP contribution is -3.27. The number of anilines is 3. The normalized spacial score (nSPS) is 18.5. The van der Waals surface area contributed by atoms with Gasteiger partial charge in [0.2, 0.25) is 11.9 Å². The zero-order chi connectivity index (χ0) is 21.5. The maximum atomic E-state index is 5.95. The molecule has 0 bridgehead atoms. The van der Waals surface area contributed by atoms with Gasteiger partial charge in [0.25, 0.3) is 0 Å². The molecular weight excluding hydrogens is 390 g/mol. The number of ether oxygens (including phenoxy) is 1. The molecule has 0 aliphatic carbocycles. The van der Waals surface area contributed by atoms with Crippen molar-refractivity contribution in [2.75, 3.05) is 43.8 Å². The molecule has 0 saturated carbocycles. The van der Waals surface area contributed by atoms with Crippen LogP contribution in [0.4, 0.5) is 17.6 Å². The van der Waals surface area contributed by atoms with Crippen LogP contribution >= 0.6 is 0 Å². The molecule has 8 heteroatoms. The molecule has 0 unspecified atom stereocenters. The van der Waals surface area contributed by atoms with Crippen molar-refractivity contribution in [1.82, 2.24) is 15.0 Å². The van der Waals surface area contributed by atoms with Crippen LogP contribution in [0.2, 0.25) is 0 Å². The van der Waals surface area contributed by atoms with Gasteiger partial charge in [-0.05, 0) is 31.2 Å². The maximum Gasteiger partial charge on any atom is 0.232 e. The first kappa shape index (κ1) is 21.0. The zero-order valence-electron chi connectivity index (χ0n) is 18.0. The van der Waals surface area contributed by atoms with E-state index in [9.17, 15) is 0 Å². The molecule has 3 aromatic rings. The molecule has 31 heavy (non-hydrogen) atoms. The van der Waals surface area contributed by atoms with Crippen molar-refractivity contribution in [3.05, 3.63) is 66.0 Å². The quantitative estimate of drug-likeness (QED) is 0.412. The minimum absolute atomic E-state index is 0.242. The third kappa shape index (κ3) is 6.13. The highest BCUT2D eigenvalue weighted by Crippen LogP contribution is 2.18. The van der Waals surface area contributed by atoms with Crippen molar-refractivity contribution in [1.29, 1.82) is 0 Å². The number of nitrogen functional groups attached to an aromatic ring is 1. The molecular formula is C23H31N7O+2. The molecule has 0 amide bonds. The van der Waals surface area contributed by atoms with Gasteiger partial charge in [0.05, 0.1) is 6.61 Å². The van der Waals surface area contributed by atoms with Crippen LogP contribution < -0.4 is 25.6 Å². The molecule has 0 radical (unpaired) electrons. The van der Waals surface area contributed by atoms with Crippen molar-refractivity contribution >= 4 is 17.6 Å². The van der Waals surface area contributed by atoms with E-state index >= 15 is 0 Å². The fourth-order valence-electron chi connectivity index (χ4n) is 3.92. The third-order valence-electron chi connectivity index (χ3n) is 5.49. The van der Waals surface area contributed by atoms with Crippen molar-refractivity contribution < 1.29 is 14.5 Å². The first-order chi connectivity index (χ1) is 15.2. The second-order valence-corrected chi connectivity index (χ2v) is 7.85. The summed E-state index contributed by atoms with van der Waals surface area (Å²) in [6, 6.07) is 18.4. The number of piperazine rings is 1. The van der Waals surface area contributed by atoms with Crippen molar-refractivity contribution in [3.8, 4) is 5.75 Å². The predicted octanol–water partition coefficient (Wildman–Crippen LogP) is 0.0797. The minimum Gasteiger partial charge on any atom is -0.494 e. The Morgan fingerprint density at radius 2 is 1.55 bits per heavy atom. The average Bonchev–Trinajstić information content (AvgIpc) is 2.77. The molecule has 1 saturated heterocycles. The molecule has 0 atom stereocenters. The first-order valence-electron chi connectivity index (χ1n) is 10.9. The van der Waals surface area contributed by atoms with Gasteiger partial charge in [0.1, 0.15) is 45.0 Å². The highest BCUT2D eigenvalue weighted by atomic mass is 16.5. The van der Waals surface area contributed by atoms with E-state index < -0.39 is 0 Å². The van der Waals surface area contributed by atoms with Gasteiger partial charge >= 0.3 is 0 Å². The standard InChI is InChI=1S/C23H29N7O/c1-2-31-20-10-8-19(9-11-20)25-23-27-21(26-22(24)28-23)17-30-14-12-29(13-15-30)16-18-6-4-3-5-7-18/h3-11H,2,12-17H2,1H3,(H3,24,25,26,27,28)/p+2. The van der Waals surface area contributed by atoms with E-state index in [-0.39, 0.29) is 5.95 Å². The molecule has 1 fully saturated rings. The Morgan fingerprint density at radius 1 is 0.871 bits per heavy atom. The lowest BCUT2D eigenvalue weighted by Gasteiger charge is -2.29. The number of aromatic nitrogens is 3. The van der Waals surface area contributed by atoms with E-state index in [1.807, 2.05) is 31.2 Å². The molecule has 5 N–H and O–H groups in total. The molecule has 1 aromatic heterocycles. The highest BCUT2D eigenvalue weighted by molar-refractivity contribution is 5.55. The first-order valence-corrected chi connectivity index (χ1v) is 10.9. The summed E-state index contributed by atoms with van der Waals surface area (Å²) in [4.78, 5) is 16.3. The lowest BCUT2D eigenvalue weighted by atomic mass is 10.2. The van der Waals surface area contributed by atoms with E-state index in [4.69, 9.17) is 10.5 Å². The van der Waals surface area contributed by atoms with E-state index in [1.165, 1.54) is 10.5 Å². The van der Waals surface area contributed by atoms with Crippen molar-refractivity contribution in [3.63, 3.8) is 0 Å². The number of quaternary nitrogens is 2. The molecule has 162 valence electrons. The minimum atomic E-state index is 0.242. The third-order valence-corrected chi connectivity index (χ3v) is 5.49. The van der Waals surface area contributed by atoms with Gasteiger partial charge < -0.3 is 25.6 Å². The summed E-state index contributed by atoms with van der Waals surface area (Å²) in [5.41, 5.74) is 8.23. The molecule has 2 heterocycles. The Hall–Kier alpha value is -3.23. The number of benzene rings is 2. The van der Waals surface area contributed by atoms with Gasteiger partial charge in [-0.15, -0.1) is 0 Å². The second-order valence-electron chi connectivity index (χ2n) is 7.85. The molecule has 1 aliphatic rings. The van der Waals surface area contributed by atoms with Gasteiger partial charge in [0, 0.05) is 11.3 Å². The Morgan fingerprint density at radius 3 is 2.23 bits per heavy atom. The summed E-state index contributed by atoms with van der Waals surface area (Å²) in [5, 5.41) is 3.21. The Bertz CT molecular complexity index is 957. The zero-order valence-corrected chi connectivity index (χ0v) is 18.0. The number of hydrogen-bond donors (Lipinski definition) is 4. The Kier molecular flexibility index (Phi) is 6.91. The monoisotopic (exact) mass is 421 g/mol. The molecule has 0 spiro atoms. The summed E-state index contributed by atoms with van der Waals surface area (Å²) in [6.45, 7) is 8.92. The van der Waals surface area contributed by atoms with Gasteiger partial charge in [-0.2, -0.15) is 15.0 Å². The van der Waals surface area contributed by atoms with Gasteiger partial charge in [-0.25, -0.2) is 0 Å². The lowest BCUT2D eigenvalue weighted by molar-refractivity contribution is -1.02. The Labute approximate surface area is 183 Å². The van der Waals surface area contributed by atoms with E-state index in [0.717, 1.165) is 56.5 Å². The van der Waals surface area contributed by atoms with Crippen molar-refractivity contribution in [2.45, 2.75) is 20.0 Å². The largest absolute Gasteiger partial charge is 0.494 e. The van der Waals surface area contributed by atoms with Crippen LogP contribution in [0.25, 0.3) is 0 Å². The second kappa shape index (κ2) is 10.2. The number of nitrogens with zero attached hydrogens (tertiary/aromatic N) is 3. The number of nitrogens with one attached hydrogen (secondary N) is 3. The summed E-state index contributed by atoms with van der Waals surface area (Å²) < 4.78 is 5.48. The topological polar surface area (TPSA) is 94.8 Å². The van der Waals surface area contributed by atoms with Gasteiger partial charge in [-0.1, -0.05) is 30.3 Å². The summed E-state index contributed by atoms with van der Waals surface area (Å²) in [6.07, 6.45) is 0. The summed E-state index contributed by atoms with van der Waals surface area (Å²) in [5.74, 6) is 2.27.